The molecule has 0 aromatic heterocycles. The second-order valence-electron chi connectivity index (χ2n) is 2.64. The summed E-state index contributed by atoms with van der Waals surface area (Å²) >= 11 is 0. The van der Waals surface area contributed by atoms with Crippen molar-refractivity contribution < 1.29 is 0 Å². The van der Waals surface area contributed by atoms with E-state index in [9.17, 15) is 0 Å². The molecular weight excluding hydrogens is 96.1 g/mol. The Morgan fingerprint density at radius 3 is 2.88 bits per heavy atom. The van der Waals surface area contributed by atoms with E-state index < -0.39 is 0 Å². The van der Waals surface area contributed by atoms with E-state index in [1.54, 1.807) is 0 Å². The van der Waals surface area contributed by atoms with E-state index in [0.717, 1.165) is 11.8 Å². The summed E-state index contributed by atoms with van der Waals surface area (Å²) in [6.07, 6.45) is 5.89. The van der Waals surface area contributed by atoms with Gasteiger partial charge in [0, 0.05) is 0 Å². The zero-order valence-corrected chi connectivity index (χ0v) is 5.43. The first-order valence-corrected chi connectivity index (χ1v) is 3.43. The van der Waals surface area contributed by atoms with Crippen LogP contribution in [0, 0.1) is 18.4 Å². The summed E-state index contributed by atoms with van der Waals surface area (Å²) in [6, 6.07) is 0. The van der Waals surface area contributed by atoms with Gasteiger partial charge in [-0.1, -0.05) is 32.4 Å². The lowest BCUT2D eigenvalue weighted by atomic mass is 10.2. The van der Waals surface area contributed by atoms with Crippen LogP contribution in [0.3, 0.4) is 0 Å². The molecule has 1 radical (unpaired) electrons. The topological polar surface area (TPSA) is 0 Å². The minimum Gasteiger partial charge on any atom is -0.0811 e. The zero-order valence-electron chi connectivity index (χ0n) is 5.43. The third-order valence-corrected chi connectivity index (χ3v) is 1.88. The molecule has 0 saturated heterocycles. The van der Waals surface area contributed by atoms with Crippen LogP contribution in [-0.2, 0) is 0 Å². The maximum Gasteiger partial charge on any atom is -0.0199 e. The Labute approximate surface area is 51.6 Å². The van der Waals surface area contributed by atoms with Gasteiger partial charge in [-0.05, 0) is 18.3 Å². The van der Waals surface area contributed by atoms with Crippen LogP contribution in [0.4, 0.5) is 0 Å². The molecule has 0 spiro atoms. The maximum atomic E-state index is 5.33. The Bertz CT molecular complexity index is 84.0. The van der Waals surface area contributed by atoms with Gasteiger partial charge in [0.15, 0.2) is 0 Å². The van der Waals surface area contributed by atoms with E-state index in [0.29, 0.717) is 0 Å². The molecule has 0 aliphatic heterocycles. The first-order chi connectivity index (χ1) is 3.88. The molecular formula is C8H13. The van der Waals surface area contributed by atoms with Crippen LogP contribution in [0.15, 0.2) is 6.08 Å². The van der Waals surface area contributed by atoms with Crippen molar-refractivity contribution in [3.63, 3.8) is 0 Å². The molecule has 2 unspecified atom stereocenters. The number of rotatable bonds is 3. The molecule has 0 aromatic rings. The smallest absolute Gasteiger partial charge is 0.0199 e. The first-order valence-electron chi connectivity index (χ1n) is 3.43. The second kappa shape index (κ2) is 2.34. The molecule has 0 heterocycles. The lowest BCUT2D eigenvalue weighted by Gasteiger charge is -1.87. The molecule has 1 aliphatic rings. The molecule has 45 valence electrons. The lowest BCUT2D eigenvalue weighted by Crippen LogP contribution is -1.75. The van der Waals surface area contributed by atoms with E-state index in [2.05, 4.69) is 6.92 Å². The first kappa shape index (κ1) is 5.87. The quantitative estimate of drug-likeness (QED) is 0.522. The Hall–Kier alpha value is -0.260. The van der Waals surface area contributed by atoms with E-state index in [-0.39, 0.29) is 0 Å². The molecule has 0 nitrogen and oxygen atoms in total. The van der Waals surface area contributed by atoms with Gasteiger partial charge in [0.2, 0.25) is 0 Å². The highest BCUT2D eigenvalue weighted by Crippen LogP contribution is 2.42. The fourth-order valence-electron chi connectivity index (χ4n) is 1.21. The van der Waals surface area contributed by atoms with Crippen LogP contribution >= 0.6 is 0 Å². The predicted molar refractivity (Wildman–Crippen MR) is 35.4 cm³/mol. The van der Waals surface area contributed by atoms with Gasteiger partial charge in [0.25, 0.3) is 0 Å². The van der Waals surface area contributed by atoms with Crippen molar-refractivity contribution in [3.8, 4) is 0 Å². The monoisotopic (exact) mass is 109 g/mol. The highest BCUT2D eigenvalue weighted by Gasteiger charge is 2.32. The summed E-state index contributed by atoms with van der Waals surface area (Å²) < 4.78 is 0. The zero-order chi connectivity index (χ0) is 5.98. The summed E-state index contributed by atoms with van der Waals surface area (Å²) in [6.45, 7) is 7.56. The molecule has 1 fully saturated rings. The number of allylic oxidation sites excluding steroid dienone is 1. The normalized spacial score (nSPS) is 34.6. The van der Waals surface area contributed by atoms with Crippen molar-refractivity contribution in [1.29, 1.82) is 0 Å². The summed E-state index contributed by atoms with van der Waals surface area (Å²) in [7, 11) is 0. The maximum absolute atomic E-state index is 5.33. The Balaban J connectivity index is 2.07. The molecule has 0 heteroatoms. The Morgan fingerprint density at radius 2 is 2.50 bits per heavy atom. The van der Waals surface area contributed by atoms with Crippen LogP contribution in [0.1, 0.15) is 26.2 Å². The van der Waals surface area contributed by atoms with Crippen molar-refractivity contribution in [1.82, 2.24) is 0 Å². The van der Waals surface area contributed by atoms with Gasteiger partial charge in [0.05, 0.1) is 0 Å². The van der Waals surface area contributed by atoms with E-state index >= 15 is 0 Å². The largest absolute Gasteiger partial charge is 0.0811 e. The minimum atomic E-state index is 0.773. The predicted octanol–water partition coefficient (Wildman–Crippen LogP) is 2.41. The van der Waals surface area contributed by atoms with E-state index in [4.69, 9.17) is 6.58 Å². The van der Waals surface area contributed by atoms with Crippen molar-refractivity contribution in [2.24, 2.45) is 11.8 Å². The molecule has 0 bridgehead atoms. The highest BCUT2D eigenvalue weighted by atomic mass is 14.4. The third kappa shape index (κ3) is 1.12. The molecule has 2 atom stereocenters. The highest BCUT2D eigenvalue weighted by molar-refractivity contribution is 4.96. The molecule has 0 N–H and O–H groups in total. The van der Waals surface area contributed by atoms with Gasteiger partial charge in [-0.15, -0.1) is 0 Å². The van der Waals surface area contributed by atoms with Gasteiger partial charge in [0.1, 0.15) is 0 Å². The Kier molecular flexibility index (Phi) is 1.72. The molecule has 0 amide bonds. The second-order valence-corrected chi connectivity index (χ2v) is 2.64. The molecule has 1 rings (SSSR count). The SMILES string of the molecule is [CH]=CC1CC1CCC. The summed E-state index contributed by atoms with van der Waals surface area (Å²) in [5.41, 5.74) is 0. The van der Waals surface area contributed by atoms with E-state index in [1.807, 2.05) is 6.08 Å². The van der Waals surface area contributed by atoms with Crippen LogP contribution in [-0.4, -0.2) is 0 Å². The van der Waals surface area contributed by atoms with Crippen LogP contribution in [0.25, 0.3) is 0 Å². The van der Waals surface area contributed by atoms with Gasteiger partial charge >= 0.3 is 0 Å². The van der Waals surface area contributed by atoms with Gasteiger partial charge in [-0.2, -0.15) is 0 Å². The fourth-order valence-corrected chi connectivity index (χ4v) is 1.21. The molecule has 1 aliphatic carbocycles. The number of hydrogen-bond donors (Lipinski definition) is 0. The van der Waals surface area contributed by atoms with Crippen LogP contribution < -0.4 is 0 Å². The van der Waals surface area contributed by atoms with E-state index in [1.165, 1.54) is 19.3 Å². The molecule has 1 saturated carbocycles. The summed E-state index contributed by atoms with van der Waals surface area (Å²) in [4.78, 5) is 0. The Morgan fingerprint density at radius 1 is 1.75 bits per heavy atom. The standard InChI is InChI=1S/C8H13/c1-3-5-8-6-7(8)4-2/h2,4,7-8H,3,5-6H2,1H3. The number of hydrogen-bond acceptors (Lipinski definition) is 0. The van der Waals surface area contributed by atoms with Crippen molar-refractivity contribution in [2.75, 3.05) is 0 Å². The molecule has 8 heavy (non-hydrogen) atoms. The third-order valence-electron chi connectivity index (χ3n) is 1.88. The summed E-state index contributed by atoms with van der Waals surface area (Å²) in [5, 5.41) is 0. The lowest BCUT2D eigenvalue weighted by molar-refractivity contribution is 0.679. The fraction of sp³-hybridized carbons (Fsp3) is 0.750. The van der Waals surface area contributed by atoms with Crippen molar-refractivity contribution in [2.45, 2.75) is 26.2 Å². The molecule has 0 aromatic carbocycles. The van der Waals surface area contributed by atoms with Gasteiger partial charge in [-0.3, -0.25) is 0 Å². The average molecular weight is 109 g/mol. The minimum absolute atomic E-state index is 0.773. The van der Waals surface area contributed by atoms with Crippen LogP contribution in [0.2, 0.25) is 0 Å². The van der Waals surface area contributed by atoms with Crippen LogP contribution in [0.5, 0.6) is 0 Å². The van der Waals surface area contributed by atoms with Crippen molar-refractivity contribution in [3.05, 3.63) is 12.7 Å². The van der Waals surface area contributed by atoms with Gasteiger partial charge in [-0.25, -0.2) is 0 Å². The van der Waals surface area contributed by atoms with Gasteiger partial charge < -0.3 is 0 Å². The summed E-state index contributed by atoms with van der Waals surface area (Å²) in [5.74, 6) is 1.72. The average Bonchev–Trinajstić information content (AvgIpc) is 2.48. The van der Waals surface area contributed by atoms with Crippen molar-refractivity contribution >= 4 is 0 Å².